The molecule has 100 valence electrons. The SMILES string of the molecule is Cc1cccc(C)c1C(=O)Cc1ncnn1C(C)C. The van der Waals surface area contributed by atoms with Gasteiger partial charge in [0, 0.05) is 11.6 Å². The monoisotopic (exact) mass is 257 g/mol. The second kappa shape index (κ2) is 5.34. The van der Waals surface area contributed by atoms with Gasteiger partial charge >= 0.3 is 0 Å². The smallest absolute Gasteiger partial charge is 0.170 e. The van der Waals surface area contributed by atoms with E-state index >= 15 is 0 Å². The Morgan fingerprint density at radius 2 is 1.89 bits per heavy atom. The van der Waals surface area contributed by atoms with E-state index in [1.54, 1.807) is 4.68 Å². The van der Waals surface area contributed by atoms with E-state index in [0.29, 0.717) is 6.42 Å². The van der Waals surface area contributed by atoms with Crippen LogP contribution in [0.4, 0.5) is 0 Å². The Morgan fingerprint density at radius 1 is 1.26 bits per heavy atom. The van der Waals surface area contributed by atoms with Gasteiger partial charge in [-0.25, -0.2) is 9.67 Å². The molecule has 0 aliphatic carbocycles. The number of aryl methyl sites for hydroxylation is 2. The molecule has 1 heterocycles. The van der Waals surface area contributed by atoms with Crippen molar-refractivity contribution in [3.63, 3.8) is 0 Å². The van der Waals surface area contributed by atoms with Crippen molar-refractivity contribution < 1.29 is 4.79 Å². The Bertz CT molecular complexity index is 579. The van der Waals surface area contributed by atoms with E-state index in [2.05, 4.69) is 10.1 Å². The van der Waals surface area contributed by atoms with Crippen molar-refractivity contribution in [1.29, 1.82) is 0 Å². The third-order valence-corrected chi connectivity index (χ3v) is 3.22. The molecule has 2 rings (SSSR count). The maximum atomic E-state index is 12.4. The minimum absolute atomic E-state index is 0.102. The first-order chi connectivity index (χ1) is 9.00. The van der Waals surface area contributed by atoms with Crippen LogP contribution in [0.5, 0.6) is 0 Å². The highest BCUT2D eigenvalue weighted by molar-refractivity contribution is 5.99. The number of carbonyl (C=O) groups is 1. The molecule has 4 nitrogen and oxygen atoms in total. The first-order valence-corrected chi connectivity index (χ1v) is 6.48. The van der Waals surface area contributed by atoms with Crippen molar-refractivity contribution in [1.82, 2.24) is 14.8 Å². The second-order valence-corrected chi connectivity index (χ2v) is 5.08. The van der Waals surface area contributed by atoms with E-state index in [0.717, 1.165) is 22.5 Å². The van der Waals surface area contributed by atoms with Crippen LogP contribution in [-0.4, -0.2) is 20.5 Å². The molecule has 0 N–H and O–H groups in total. The summed E-state index contributed by atoms with van der Waals surface area (Å²) in [6, 6.07) is 6.11. The maximum Gasteiger partial charge on any atom is 0.170 e. The number of aromatic nitrogens is 3. The normalized spacial score (nSPS) is 11.0. The largest absolute Gasteiger partial charge is 0.294 e. The molecule has 0 saturated carbocycles. The van der Waals surface area contributed by atoms with Gasteiger partial charge in [0.1, 0.15) is 12.2 Å². The molecule has 0 saturated heterocycles. The van der Waals surface area contributed by atoms with Crippen LogP contribution in [0, 0.1) is 13.8 Å². The minimum atomic E-state index is 0.102. The van der Waals surface area contributed by atoms with Gasteiger partial charge in [0.25, 0.3) is 0 Å². The second-order valence-electron chi connectivity index (χ2n) is 5.08. The van der Waals surface area contributed by atoms with Gasteiger partial charge in [-0.3, -0.25) is 4.79 Å². The van der Waals surface area contributed by atoms with Crippen LogP contribution in [0.15, 0.2) is 24.5 Å². The van der Waals surface area contributed by atoms with Gasteiger partial charge in [0.15, 0.2) is 5.78 Å². The molecule has 2 aromatic rings. The minimum Gasteiger partial charge on any atom is -0.294 e. The van der Waals surface area contributed by atoms with Crippen molar-refractivity contribution in [2.75, 3.05) is 0 Å². The van der Waals surface area contributed by atoms with Crippen LogP contribution in [0.1, 0.15) is 47.2 Å². The summed E-state index contributed by atoms with van der Waals surface area (Å²) in [5.74, 6) is 0.827. The molecule has 0 amide bonds. The molecule has 1 aromatic carbocycles. The average molecular weight is 257 g/mol. The number of nitrogens with zero attached hydrogens (tertiary/aromatic N) is 3. The summed E-state index contributed by atoms with van der Waals surface area (Å²) in [5.41, 5.74) is 2.84. The lowest BCUT2D eigenvalue weighted by molar-refractivity contribution is 0.0988. The summed E-state index contributed by atoms with van der Waals surface area (Å²) < 4.78 is 1.80. The Balaban J connectivity index is 2.29. The van der Waals surface area contributed by atoms with Crippen LogP contribution in [0.3, 0.4) is 0 Å². The fraction of sp³-hybridized carbons (Fsp3) is 0.400. The molecule has 19 heavy (non-hydrogen) atoms. The van der Waals surface area contributed by atoms with Crippen molar-refractivity contribution in [3.05, 3.63) is 47.0 Å². The molecule has 0 aliphatic heterocycles. The summed E-state index contributed by atoms with van der Waals surface area (Å²) in [7, 11) is 0. The van der Waals surface area contributed by atoms with Gasteiger partial charge in [0.2, 0.25) is 0 Å². The van der Waals surface area contributed by atoms with Crippen molar-refractivity contribution >= 4 is 5.78 Å². The number of rotatable bonds is 4. The van der Waals surface area contributed by atoms with E-state index < -0.39 is 0 Å². The van der Waals surface area contributed by atoms with Crippen molar-refractivity contribution in [2.45, 2.75) is 40.2 Å². The first kappa shape index (κ1) is 13.5. The highest BCUT2D eigenvalue weighted by Crippen LogP contribution is 2.16. The molecule has 0 spiro atoms. The topological polar surface area (TPSA) is 47.8 Å². The highest BCUT2D eigenvalue weighted by Gasteiger charge is 2.16. The fourth-order valence-corrected chi connectivity index (χ4v) is 2.32. The zero-order valence-electron chi connectivity index (χ0n) is 11.8. The van der Waals surface area contributed by atoms with Crippen LogP contribution in [-0.2, 0) is 6.42 Å². The van der Waals surface area contributed by atoms with E-state index in [4.69, 9.17) is 0 Å². The summed E-state index contributed by atoms with van der Waals surface area (Å²) in [6.07, 6.45) is 1.80. The molecular formula is C15H19N3O. The number of hydrogen-bond acceptors (Lipinski definition) is 3. The Hall–Kier alpha value is -1.97. The third kappa shape index (κ3) is 2.72. The molecule has 4 heteroatoms. The van der Waals surface area contributed by atoms with Crippen LogP contribution < -0.4 is 0 Å². The van der Waals surface area contributed by atoms with Crippen LogP contribution in [0.2, 0.25) is 0 Å². The molecular weight excluding hydrogens is 238 g/mol. The number of ketones is 1. The Labute approximate surface area is 113 Å². The summed E-state index contributed by atoms with van der Waals surface area (Å²) in [5, 5.41) is 4.16. The molecule has 0 atom stereocenters. The summed E-state index contributed by atoms with van der Waals surface area (Å²) >= 11 is 0. The highest BCUT2D eigenvalue weighted by atomic mass is 16.1. The van der Waals surface area contributed by atoms with Gasteiger partial charge in [-0.05, 0) is 38.8 Å². The van der Waals surface area contributed by atoms with Crippen molar-refractivity contribution in [3.8, 4) is 0 Å². The zero-order chi connectivity index (χ0) is 14.0. The Kier molecular flexibility index (Phi) is 3.79. The Morgan fingerprint density at radius 3 is 2.47 bits per heavy atom. The van der Waals surface area contributed by atoms with Gasteiger partial charge in [-0.1, -0.05) is 18.2 Å². The van der Waals surface area contributed by atoms with Crippen molar-refractivity contribution in [2.24, 2.45) is 0 Å². The molecule has 1 aromatic heterocycles. The molecule has 0 fully saturated rings. The van der Waals surface area contributed by atoms with Gasteiger partial charge in [-0.15, -0.1) is 0 Å². The van der Waals surface area contributed by atoms with Gasteiger partial charge < -0.3 is 0 Å². The lowest BCUT2D eigenvalue weighted by Gasteiger charge is -2.11. The van der Waals surface area contributed by atoms with Gasteiger partial charge in [-0.2, -0.15) is 5.10 Å². The maximum absolute atomic E-state index is 12.4. The predicted molar refractivity (Wildman–Crippen MR) is 74.4 cm³/mol. The molecule has 0 radical (unpaired) electrons. The predicted octanol–water partition coefficient (Wildman–Crippen LogP) is 2.90. The summed E-state index contributed by atoms with van der Waals surface area (Å²) in [4.78, 5) is 16.6. The van der Waals surface area contributed by atoms with Crippen LogP contribution >= 0.6 is 0 Å². The average Bonchev–Trinajstić information content (AvgIpc) is 2.76. The molecule has 0 unspecified atom stereocenters. The van der Waals surface area contributed by atoms with E-state index in [-0.39, 0.29) is 11.8 Å². The molecule has 0 bridgehead atoms. The number of hydrogen-bond donors (Lipinski definition) is 0. The van der Waals surface area contributed by atoms with E-state index in [1.807, 2.05) is 45.9 Å². The zero-order valence-corrected chi connectivity index (χ0v) is 11.8. The van der Waals surface area contributed by atoms with E-state index in [9.17, 15) is 4.79 Å². The first-order valence-electron chi connectivity index (χ1n) is 6.48. The quantitative estimate of drug-likeness (QED) is 0.791. The summed E-state index contributed by atoms with van der Waals surface area (Å²) in [6.45, 7) is 7.99. The van der Waals surface area contributed by atoms with Gasteiger partial charge in [0.05, 0.1) is 6.42 Å². The standard InChI is InChI=1S/C15H19N3O/c1-10(2)18-14(16-9-17-18)8-13(19)15-11(3)6-5-7-12(15)4/h5-7,9-10H,8H2,1-4H3. The number of carbonyl (C=O) groups excluding carboxylic acids is 1. The van der Waals surface area contributed by atoms with E-state index in [1.165, 1.54) is 6.33 Å². The lowest BCUT2D eigenvalue weighted by Crippen LogP contribution is -2.14. The lowest BCUT2D eigenvalue weighted by atomic mass is 9.97. The van der Waals surface area contributed by atoms with Crippen LogP contribution in [0.25, 0.3) is 0 Å². The number of benzene rings is 1. The fourth-order valence-electron chi connectivity index (χ4n) is 2.32. The third-order valence-electron chi connectivity index (χ3n) is 3.22. The molecule has 0 aliphatic rings. The number of Topliss-reactive ketones (excluding diaryl/α,β-unsaturated/α-hetero) is 1.